The second-order valence-electron chi connectivity index (χ2n) is 3.36. The number of rotatable bonds is 2. The maximum absolute atomic E-state index is 5.46. The van der Waals surface area contributed by atoms with Gasteiger partial charge in [0.15, 0.2) is 5.76 Å². The first-order valence-electron chi connectivity index (χ1n) is 4.87. The molecule has 0 atom stereocenters. The fraction of sp³-hybridized carbons (Fsp3) is 0.250. The lowest BCUT2D eigenvalue weighted by Crippen LogP contribution is -2.26. The summed E-state index contributed by atoms with van der Waals surface area (Å²) in [6.07, 6.45) is 3.00. The normalized spacial score (nSPS) is 10.4. The third kappa shape index (κ3) is 1.69. The van der Waals surface area contributed by atoms with Gasteiger partial charge in [-0.25, -0.2) is 4.52 Å². The Morgan fingerprint density at radius 1 is 1.14 bits per heavy atom. The van der Waals surface area contributed by atoms with Gasteiger partial charge in [0, 0.05) is 23.8 Å². The Morgan fingerprint density at radius 2 is 1.86 bits per heavy atom. The molecule has 0 bridgehead atoms. The Bertz CT molecular complexity index is 414. The molecule has 0 saturated carbocycles. The monoisotopic (exact) mass is 188 g/mol. The molecule has 1 heterocycles. The van der Waals surface area contributed by atoms with Gasteiger partial charge in [0.05, 0.1) is 6.07 Å². The molecule has 14 heavy (non-hydrogen) atoms. The van der Waals surface area contributed by atoms with Gasteiger partial charge in [0.1, 0.15) is 0 Å². The molecule has 2 rings (SSSR count). The van der Waals surface area contributed by atoms with Crippen LogP contribution in [0.2, 0.25) is 0 Å². The van der Waals surface area contributed by atoms with Crippen molar-refractivity contribution in [2.24, 2.45) is 0 Å². The molecule has 72 valence electrons. The second kappa shape index (κ2) is 3.66. The first-order chi connectivity index (χ1) is 6.79. The molecule has 0 aliphatic rings. The number of nitrogens with zero attached hydrogens (tertiary/aromatic N) is 1. The largest absolute Gasteiger partial charge is 0.258 e. The van der Waals surface area contributed by atoms with Crippen LogP contribution >= 0.6 is 0 Å². The van der Waals surface area contributed by atoms with Gasteiger partial charge in [-0.05, 0) is 12.0 Å². The van der Waals surface area contributed by atoms with E-state index in [1.165, 1.54) is 5.56 Å². The standard InChI is InChI=1S/C12H14NO/c1-3-11-4-6-12(7-5-11)13-9-8-10(2)14-13/h4-9H,3H2,1-2H3/q+1. The van der Waals surface area contributed by atoms with Crippen LogP contribution in [0.4, 0.5) is 0 Å². The molecule has 0 aliphatic carbocycles. The number of aryl methyl sites for hydroxylation is 2. The molecule has 2 heteroatoms. The summed E-state index contributed by atoms with van der Waals surface area (Å²) in [6.45, 7) is 4.09. The van der Waals surface area contributed by atoms with Gasteiger partial charge in [-0.15, -0.1) is 0 Å². The van der Waals surface area contributed by atoms with E-state index in [2.05, 4.69) is 31.2 Å². The molecule has 0 radical (unpaired) electrons. The molecule has 0 fully saturated rings. The Kier molecular flexibility index (Phi) is 2.35. The maximum Gasteiger partial charge on any atom is 0.258 e. The van der Waals surface area contributed by atoms with Crippen molar-refractivity contribution in [2.75, 3.05) is 0 Å². The maximum atomic E-state index is 5.46. The van der Waals surface area contributed by atoms with Crippen molar-refractivity contribution in [3.05, 3.63) is 47.9 Å². The van der Waals surface area contributed by atoms with Crippen LogP contribution in [0.1, 0.15) is 18.2 Å². The molecule has 0 N–H and O–H groups in total. The van der Waals surface area contributed by atoms with Crippen molar-refractivity contribution in [2.45, 2.75) is 20.3 Å². The molecule has 0 saturated heterocycles. The van der Waals surface area contributed by atoms with Crippen LogP contribution in [0.5, 0.6) is 0 Å². The van der Waals surface area contributed by atoms with Gasteiger partial charge in [0.2, 0.25) is 6.20 Å². The van der Waals surface area contributed by atoms with Crippen molar-refractivity contribution in [3.8, 4) is 5.69 Å². The molecule has 2 nitrogen and oxygen atoms in total. The predicted octanol–water partition coefficient (Wildman–Crippen LogP) is 2.43. The summed E-state index contributed by atoms with van der Waals surface area (Å²) in [6, 6.07) is 10.3. The van der Waals surface area contributed by atoms with E-state index in [1.54, 1.807) is 4.74 Å². The smallest absolute Gasteiger partial charge is 0.235 e. The van der Waals surface area contributed by atoms with E-state index in [0.29, 0.717) is 0 Å². The zero-order chi connectivity index (χ0) is 9.97. The summed E-state index contributed by atoms with van der Waals surface area (Å²) in [4.78, 5) is 0. The van der Waals surface area contributed by atoms with Gasteiger partial charge in [-0.1, -0.05) is 19.1 Å². The van der Waals surface area contributed by atoms with Gasteiger partial charge in [-0.3, -0.25) is 0 Å². The first kappa shape index (κ1) is 9.00. The van der Waals surface area contributed by atoms with E-state index in [9.17, 15) is 0 Å². The number of hydrogen-bond donors (Lipinski definition) is 0. The highest BCUT2D eigenvalue weighted by molar-refractivity contribution is 5.26. The van der Waals surface area contributed by atoms with Crippen molar-refractivity contribution in [1.82, 2.24) is 0 Å². The Morgan fingerprint density at radius 3 is 2.36 bits per heavy atom. The van der Waals surface area contributed by atoms with E-state index in [1.807, 2.05) is 19.2 Å². The SMILES string of the molecule is CCc1ccc(-[n+]2ccc(C)o2)cc1. The van der Waals surface area contributed by atoms with Crippen molar-refractivity contribution in [3.63, 3.8) is 0 Å². The van der Waals surface area contributed by atoms with Crippen LogP contribution in [-0.4, -0.2) is 0 Å². The fourth-order valence-corrected chi connectivity index (χ4v) is 1.41. The van der Waals surface area contributed by atoms with E-state index in [0.717, 1.165) is 17.9 Å². The molecule has 0 aliphatic heterocycles. The van der Waals surface area contributed by atoms with E-state index in [4.69, 9.17) is 4.52 Å². The minimum Gasteiger partial charge on any atom is -0.235 e. The topological polar surface area (TPSA) is 17.0 Å². The zero-order valence-electron chi connectivity index (χ0n) is 8.53. The lowest BCUT2D eigenvalue weighted by Gasteiger charge is -1.93. The first-order valence-corrected chi connectivity index (χ1v) is 4.87. The molecule has 1 aromatic carbocycles. The molecular formula is C12H14NO+. The van der Waals surface area contributed by atoms with Crippen LogP contribution in [0.3, 0.4) is 0 Å². The quantitative estimate of drug-likeness (QED) is 0.661. The minimum absolute atomic E-state index is 0.921. The molecular weight excluding hydrogens is 174 g/mol. The lowest BCUT2D eigenvalue weighted by molar-refractivity contribution is -0.785. The zero-order valence-corrected chi connectivity index (χ0v) is 8.53. The summed E-state index contributed by atoms with van der Waals surface area (Å²) < 4.78 is 7.23. The lowest BCUT2D eigenvalue weighted by atomic mass is 10.1. The average Bonchev–Trinajstić information content (AvgIpc) is 2.65. The van der Waals surface area contributed by atoms with Crippen LogP contribution in [0.25, 0.3) is 5.69 Å². The van der Waals surface area contributed by atoms with Crippen LogP contribution < -0.4 is 4.74 Å². The van der Waals surface area contributed by atoms with Crippen molar-refractivity contribution < 1.29 is 9.26 Å². The fourth-order valence-electron chi connectivity index (χ4n) is 1.41. The highest BCUT2D eigenvalue weighted by atomic mass is 16.5. The van der Waals surface area contributed by atoms with Gasteiger partial charge < -0.3 is 0 Å². The van der Waals surface area contributed by atoms with E-state index < -0.39 is 0 Å². The summed E-state index contributed by atoms with van der Waals surface area (Å²) >= 11 is 0. The summed E-state index contributed by atoms with van der Waals surface area (Å²) in [7, 11) is 0. The van der Waals surface area contributed by atoms with Crippen LogP contribution in [0.15, 0.2) is 41.1 Å². The molecule has 0 unspecified atom stereocenters. The molecule has 0 amide bonds. The van der Waals surface area contributed by atoms with Gasteiger partial charge in [-0.2, -0.15) is 0 Å². The highest BCUT2D eigenvalue weighted by Gasteiger charge is 2.09. The third-order valence-electron chi connectivity index (χ3n) is 2.29. The van der Waals surface area contributed by atoms with Crippen LogP contribution in [-0.2, 0) is 6.42 Å². The summed E-state index contributed by atoms with van der Waals surface area (Å²) in [5.74, 6) is 0.921. The Labute approximate surface area is 83.8 Å². The Balaban J connectivity index is 2.33. The molecule has 1 aromatic heterocycles. The van der Waals surface area contributed by atoms with E-state index in [-0.39, 0.29) is 0 Å². The summed E-state index contributed by atoms with van der Waals surface area (Å²) in [5, 5.41) is 0. The molecule has 2 aromatic rings. The number of hydrogen-bond acceptors (Lipinski definition) is 1. The Hall–Kier alpha value is -1.57. The second-order valence-corrected chi connectivity index (χ2v) is 3.36. The average molecular weight is 188 g/mol. The van der Waals surface area contributed by atoms with E-state index >= 15 is 0 Å². The predicted molar refractivity (Wildman–Crippen MR) is 54.4 cm³/mol. The third-order valence-corrected chi connectivity index (χ3v) is 2.29. The van der Waals surface area contributed by atoms with Crippen molar-refractivity contribution in [1.29, 1.82) is 0 Å². The number of aromatic nitrogens is 1. The highest BCUT2D eigenvalue weighted by Crippen LogP contribution is 2.05. The van der Waals surface area contributed by atoms with Crippen LogP contribution in [0, 0.1) is 6.92 Å². The van der Waals surface area contributed by atoms with Gasteiger partial charge in [0.25, 0.3) is 5.69 Å². The minimum atomic E-state index is 0.921. The van der Waals surface area contributed by atoms with Crippen molar-refractivity contribution >= 4 is 0 Å². The molecule has 0 spiro atoms. The van der Waals surface area contributed by atoms with Gasteiger partial charge >= 0.3 is 0 Å². The number of benzene rings is 1. The summed E-state index contributed by atoms with van der Waals surface area (Å²) in [5.41, 5.74) is 2.41.